The van der Waals surface area contributed by atoms with Gasteiger partial charge in [-0.05, 0) is 25.8 Å². The minimum atomic E-state index is -0.247. The molecule has 0 radical (unpaired) electrons. The monoisotopic (exact) mass is 204 g/mol. The topological polar surface area (TPSA) is 26.3 Å². The highest BCUT2D eigenvalue weighted by atomic mass is 16.5. The molecular formula is C13H16O2. The molecule has 1 aromatic carbocycles. The number of hydrogen-bond donors (Lipinski definition) is 0. The van der Waals surface area contributed by atoms with Gasteiger partial charge in [-0.2, -0.15) is 0 Å². The molecule has 15 heavy (non-hydrogen) atoms. The first kappa shape index (κ1) is 11.5. The fraction of sp³-hybridized carbons (Fsp3) is 0.308. The van der Waals surface area contributed by atoms with Crippen LogP contribution in [-0.2, 0) is 16.0 Å². The molecule has 0 spiro atoms. The van der Waals surface area contributed by atoms with Gasteiger partial charge in [0.1, 0.15) is 0 Å². The van der Waals surface area contributed by atoms with Crippen LogP contribution in [-0.4, -0.2) is 13.1 Å². The zero-order valence-corrected chi connectivity index (χ0v) is 9.41. The van der Waals surface area contributed by atoms with Crippen LogP contribution in [0.3, 0.4) is 0 Å². The lowest BCUT2D eigenvalue weighted by atomic mass is 10.0. The highest BCUT2D eigenvalue weighted by molar-refractivity contribution is 5.88. The van der Waals surface area contributed by atoms with Gasteiger partial charge in [-0.15, -0.1) is 0 Å². The van der Waals surface area contributed by atoms with E-state index in [1.165, 1.54) is 12.7 Å². The summed E-state index contributed by atoms with van der Waals surface area (Å²) in [6.07, 6.45) is 0.793. The molecule has 0 fully saturated rings. The lowest BCUT2D eigenvalue weighted by molar-refractivity contribution is -0.136. The zero-order valence-electron chi connectivity index (χ0n) is 9.41. The molecule has 0 amide bonds. The molecule has 0 bridgehead atoms. The van der Waals surface area contributed by atoms with E-state index in [0.29, 0.717) is 5.57 Å². The third-order valence-corrected chi connectivity index (χ3v) is 2.44. The zero-order chi connectivity index (χ0) is 11.3. The Labute approximate surface area is 90.6 Å². The number of ether oxygens (including phenoxy) is 1. The summed E-state index contributed by atoms with van der Waals surface area (Å²) in [4.78, 5) is 11.3. The minimum absolute atomic E-state index is 0.247. The Balaban J connectivity index is 2.78. The summed E-state index contributed by atoms with van der Waals surface area (Å²) in [6.45, 7) is 3.75. The maximum absolute atomic E-state index is 11.3. The average Bonchev–Trinajstić information content (AvgIpc) is 2.28. The first-order chi connectivity index (χ1) is 7.15. The van der Waals surface area contributed by atoms with Crippen LogP contribution in [0, 0.1) is 0 Å². The molecule has 0 N–H and O–H groups in total. The van der Waals surface area contributed by atoms with Crippen molar-refractivity contribution in [3.63, 3.8) is 0 Å². The van der Waals surface area contributed by atoms with Crippen molar-refractivity contribution < 1.29 is 9.53 Å². The Hall–Kier alpha value is -1.57. The minimum Gasteiger partial charge on any atom is -0.466 e. The highest BCUT2D eigenvalue weighted by Gasteiger charge is 2.07. The number of carbonyl (C=O) groups is 1. The number of benzene rings is 1. The Bertz CT molecular complexity index is 363. The lowest BCUT2D eigenvalue weighted by Crippen LogP contribution is -2.05. The lowest BCUT2D eigenvalue weighted by Gasteiger charge is -2.06. The van der Waals surface area contributed by atoms with Gasteiger partial charge < -0.3 is 4.74 Å². The highest BCUT2D eigenvalue weighted by Crippen LogP contribution is 2.12. The molecule has 0 saturated carbocycles. The van der Waals surface area contributed by atoms with Gasteiger partial charge in [0, 0.05) is 5.57 Å². The predicted octanol–water partition coefficient (Wildman–Crippen LogP) is 2.74. The fourth-order valence-electron chi connectivity index (χ4n) is 1.36. The summed E-state index contributed by atoms with van der Waals surface area (Å²) < 4.78 is 4.67. The van der Waals surface area contributed by atoms with Gasteiger partial charge in [0.2, 0.25) is 0 Å². The summed E-state index contributed by atoms with van der Waals surface area (Å²) in [5.74, 6) is -0.247. The van der Waals surface area contributed by atoms with Crippen LogP contribution in [0.5, 0.6) is 0 Å². The standard InChI is InChI=1S/C13H16O2/c1-10(11(2)13(14)15-3)9-12-7-5-4-6-8-12/h4-8H,9H2,1-3H3/b11-10-. The number of hydrogen-bond acceptors (Lipinski definition) is 2. The van der Waals surface area contributed by atoms with Crippen molar-refractivity contribution in [3.8, 4) is 0 Å². The van der Waals surface area contributed by atoms with E-state index in [2.05, 4.69) is 4.74 Å². The number of carbonyl (C=O) groups excluding carboxylic acids is 1. The molecule has 0 heterocycles. The third-order valence-electron chi connectivity index (χ3n) is 2.44. The Morgan fingerprint density at radius 3 is 2.33 bits per heavy atom. The first-order valence-electron chi connectivity index (χ1n) is 4.93. The number of methoxy groups -OCH3 is 1. The molecule has 0 aliphatic carbocycles. The molecule has 0 unspecified atom stereocenters. The van der Waals surface area contributed by atoms with Gasteiger partial charge in [-0.1, -0.05) is 35.9 Å². The maximum Gasteiger partial charge on any atom is 0.333 e. The predicted molar refractivity (Wildman–Crippen MR) is 60.5 cm³/mol. The summed E-state index contributed by atoms with van der Waals surface area (Å²) >= 11 is 0. The molecule has 0 aliphatic heterocycles. The van der Waals surface area contributed by atoms with Crippen molar-refractivity contribution in [3.05, 3.63) is 47.0 Å². The fourth-order valence-corrected chi connectivity index (χ4v) is 1.36. The van der Waals surface area contributed by atoms with Crippen LogP contribution >= 0.6 is 0 Å². The molecule has 2 heteroatoms. The van der Waals surface area contributed by atoms with Crippen molar-refractivity contribution in [1.29, 1.82) is 0 Å². The molecule has 2 nitrogen and oxygen atoms in total. The van der Waals surface area contributed by atoms with Gasteiger partial charge in [0.25, 0.3) is 0 Å². The molecule has 1 rings (SSSR count). The quantitative estimate of drug-likeness (QED) is 0.559. The normalized spacial score (nSPS) is 11.9. The molecule has 0 aliphatic rings. The van der Waals surface area contributed by atoms with E-state index in [0.717, 1.165) is 12.0 Å². The molecular weight excluding hydrogens is 188 g/mol. The average molecular weight is 204 g/mol. The number of allylic oxidation sites excluding steroid dienone is 1. The molecule has 80 valence electrons. The molecule has 1 aromatic rings. The van der Waals surface area contributed by atoms with Crippen molar-refractivity contribution in [2.24, 2.45) is 0 Å². The van der Waals surface area contributed by atoms with Crippen LogP contribution < -0.4 is 0 Å². The van der Waals surface area contributed by atoms with E-state index in [1.807, 2.05) is 37.3 Å². The van der Waals surface area contributed by atoms with Gasteiger partial charge in [0.15, 0.2) is 0 Å². The van der Waals surface area contributed by atoms with Crippen LogP contribution in [0.2, 0.25) is 0 Å². The van der Waals surface area contributed by atoms with E-state index in [4.69, 9.17) is 0 Å². The maximum atomic E-state index is 11.3. The van der Waals surface area contributed by atoms with Crippen molar-refractivity contribution >= 4 is 5.97 Å². The second-order valence-electron chi connectivity index (χ2n) is 3.56. The smallest absolute Gasteiger partial charge is 0.333 e. The van der Waals surface area contributed by atoms with Crippen LogP contribution in [0.25, 0.3) is 0 Å². The van der Waals surface area contributed by atoms with Crippen LogP contribution in [0.1, 0.15) is 19.4 Å². The third kappa shape index (κ3) is 3.24. The van der Waals surface area contributed by atoms with Crippen molar-refractivity contribution in [2.75, 3.05) is 7.11 Å². The SMILES string of the molecule is COC(=O)/C(C)=C(/C)Cc1ccccc1. The Morgan fingerprint density at radius 2 is 1.80 bits per heavy atom. The Morgan fingerprint density at radius 1 is 1.20 bits per heavy atom. The van der Waals surface area contributed by atoms with Crippen molar-refractivity contribution in [1.82, 2.24) is 0 Å². The van der Waals surface area contributed by atoms with Gasteiger partial charge in [-0.25, -0.2) is 4.79 Å². The number of rotatable bonds is 3. The van der Waals surface area contributed by atoms with Crippen LogP contribution in [0.15, 0.2) is 41.5 Å². The summed E-state index contributed by atoms with van der Waals surface area (Å²) in [6, 6.07) is 10.1. The van der Waals surface area contributed by atoms with Crippen molar-refractivity contribution in [2.45, 2.75) is 20.3 Å². The van der Waals surface area contributed by atoms with Gasteiger partial charge >= 0.3 is 5.97 Å². The summed E-state index contributed by atoms with van der Waals surface area (Å²) in [5.41, 5.74) is 2.95. The molecule has 0 saturated heterocycles. The van der Waals surface area contributed by atoms with E-state index >= 15 is 0 Å². The van der Waals surface area contributed by atoms with Gasteiger partial charge in [0.05, 0.1) is 7.11 Å². The van der Waals surface area contributed by atoms with E-state index in [1.54, 1.807) is 6.92 Å². The van der Waals surface area contributed by atoms with E-state index in [-0.39, 0.29) is 5.97 Å². The summed E-state index contributed by atoms with van der Waals surface area (Å²) in [5, 5.41) is 0. The van der Waals surface area contributed by atoms with Crippen LogP contribution in [0.4, 0.5) is 0 Å². The first-order valence-corrected chi connectivity index (χ1v) is 4.93. The summed E-state index contributed by atoms with van der Waals surface area (Å²) in [7, 11) is 1.40. The Kier molecular flexibility index (Phi) is 4.10. The second-order valence-corrected chi connectivity index (χ2v) is 3.56. The number of esters is 1. The molecule has 0 aromatic heterocycles. The molecule has 0 atom stereocenters. The second kappa shape index (κ2) is 5.35. The van der Waals surface area contributed by atoms with E-state index < -0.39 is 0 Å². The largest absolute Gasteiger partial charge is 0.466 e. The van der Waals surface area contributed by atoms with Gasteiger partial charge in [-0.3, -0.25) is 0 Å². The van der Waals surface area contributed by atoms with E-state index in [9.17, 15) is 4.79 Å².